The van der Waals surface area contributed by atoms with E-state index >= 15 is 0 Å². The minimum Gasteiger partial charge on any atom is -0.480 e. The Morgan fingerprint density at radius 1 is 1.03 bits per heavy atom. The summed E-state index contributed by atoms with van der Waals surface area (Å²) in [5.41, 5.74) is 8.12. The van der Waals surface area contributed by atoms with Gasteiger partial charge in [0.25, 0.3) is 0 Å². The molecule has 0 bridgehead atoms. The van der Waals surface area contributed by atoms with Gasteiger partial charge in [0.05, 0.1) is 12.6 Å². The van der Waals surface area contributed by atoms with Gasteiger partial charge in [-0.2, -0.15) is 4.99 Å². The maximum atomic E-state index is 12.9. The fraction of sp³-hybridized carbons (Fsp3) is 0.370. The predicted octanol–water partition coefficient (Wildman–Crippen LogP) is 1.40. The quantitative estimate of drug-likeness (QED) is 0.255. The van der Waals surface area contributed by atoms with E-state index in [1.807, 2.05) is 30.3 Å². The molecule has 2 aromatic carbocycles. The first kappa shape index (κ1) is 26.8. The van der Waals surface area contributed by atoms with Crippen LogP contribution < -0.4 is 16.4 Å². The van der Waals surface area contributed by atoms with Gasteiger partial charge in [-0.15, -0.1) is 0 Å². The third kappa shape index (κ3) is 7.16. The minimum absolute atomic E-state index is 0.0176. The number of hydrogen-bond donors (Lipinski definition) is 4. The number of hydrogen-bond acceptors (Lipinski definition) is 6. The lowest BCUT2D eigenvalue weighted by molar-refractivity contribution is -0.149. The highest BCUT2D eigenvalue weighted by Crippen LogP contribution is 2.34. The summed E-state index contributed by atoms with van der Waals surface area (Å²) < 4.78 is 5.12. The Hall–Kier alpha value is -4.25. The average Bonchev–Trinajstić information content (AvgIpc) is 3.72. The molecule has 0 radical (unpaired) electrons. The van der Waals surface area contributed by atoms with Crippen molar-refractivity contribution in [3.05, 3.63) is 71.3 Å². The van der Waals surface area contributed by atoms with Crippen molar-refractivity contribution in [2.24, 2.45) is 16.6 Å². The number of amidine groups is 1. The smallest absolute Gasteiger partial charge is 0.435 e. The number of aliphatic carboxylic acids is 1. The number of carboxylic acids is 1. The molecule has 3 amide bonds. The van der Waals surface area contributed by atoms with Crippen LogP contribution in [0.4, 0.5) is 4.79 Å². The Labute approximate surface area is 220 Å². The van der Waals surface area contributed by atoms with Crippen molar-refractivity contribution in [1.29, 1.82) is 0 Å². The van der Waals surface area contributed by atoms with E-state index in [0.29, 0.717) is 18.5 Å². The predicted molar refractivity (Wildman–Crippen MR) is 138 cm³/mol. The molecule has 1 saturated carbocycles. The van der Waals surface area contributed by atoms with Gasteiger partial charge in [-0.3, -0.25) is 19.7 Å². The van der Waals surface area contributed by atoms with Gasteiger partial charge in [0.15, 0.2) is 0 Å². The number of rotatable bonds is 11. The van der Waals surface area contributed by atoms with Crippen molar-refractivity contribution in [2.75, 3.05) is 13.1 Å². The third-order valence-corrected chi connectivity index (χ3v) is 6.57. The van der Waals surface area contributed by atoms with Crippen molar-refractivity contribution in [2.45, 2.75) is 44.5 Å². The zero-order valence-corrected chi connectivity index (χ0v) is 20.8. The molecule has 2 atom stereocenters. The van der Waals surface area contributed by atoms with Crippen molar-refractivity contribution in [3.63, 3.8) is 0 Å². The number of carbonyl (C=O) groups is 4. The zero-order valence-electron chi connectivity index (χ0n) is 20.8. The van der Waals surface area contributed by atoms with Crippen LogP contribution in [0.3, 0.4) is 0 Å². The van der Waals surface area contributed by atoms with E-state index in [1.165, 1.54) is 4.90 Å². The van der Waals surface area contributed by atoms with Crippen LogP contribution in [-0.2, 0) is 32.3 Å². The molecule has 4 rings (SSSR count). The monoisotopic (exact) mass is 521 g/mol. The van der Waals surface area contributed by atoms with Crippen LogP contribution in [0.1, 0.15) is 36.0 Å². The van der Waals surface area contributed by atoms with E-state index in [0.717, 1.165) is 24.0 Å². The number of nitrogens with zero attached hydrogens (tertiary/aromatic N) is 2. The molecule has 0 spiro atoms. The van der Waals surface area contributed by atoms with E-state index in [2.05, 4.69) is 15.6 Å². The van der Waals surface area contributed by atoms with Crippen LogP contribution in [0.2, 0.25) is 0 Å². The van der Waals surface area contributed by atoms with Crippen molar-refractivity contribution >= 4 is 29.7 Å². The lowest BCUT2D eigenvalue weighted by atomic mass is 9.99. The molecule has 1 aliphatic heterocycles. The van der Waals surface area contributed by atoms with E-state index < -0.39 is 24.1 Å². The Kier molecular flexibility index (Phi) is 8.70. The van der Waals surface area contributed by atoms with E-state index in [-0.39, 0.29) is 43.3 Å². The highest BCUT2D eigenvalue weighted by molar-refractivity contribution is 6.02. The second-order valence-electron chi connectivity index (χ2n) is 9.38. The number of nitrogens with one attached hydrogen (secondary N) is 2. The number of ether oxygens (including phenoxy) is 1. The number of benzene rings is 2. The first-order valence-electron chi connectivity index (χ1n) is 12.5. The molecular weight excluding hydrogens is 490 g/mol. The number of nitrogens with two attached hydrogens (primary N) is 1. The maximum absolute atomic E-state index is 12.9. The number of likely N-dealkylation sites (tertiary alicyclic amines) is 1. The largest absolute Gasteiger partial charge is 0.480 e. The molecule has 5 N–H and O–H groups in total. The van der Waals surface area contributed by atoms with Crippen LogP contribution in [-0.4, -0.2) is 64.9 Å². The van der Waals surface area contributed by atoms with Gasteiger partial charge in [-0.1, -0.05) is 54.6 Å². The van der Waals surface area contributed by atoms with E-state index in [4.69, 9.17) is 15.6 Å². The van der Waals surface area contributed by atoms with Crippen LogP contribution in [0.15, 0.2) is 59.6 Å². The summed E-state index contributed by atoms with van der Waals surface area (Å²) in [6, 6.07) is 15.0. The Bertz CT molecular complexity index is 1200. The Morgan fingerprint density at radius 2 is 1.74 bits per heavy atom. The third-order valence-electron chi connectivity index (χ3n) is 6.57. The molecule has 2 fully saturated rings. The second kappa shape index (κ2) is 12.3. The number of carboxylic acid groups (broad SMARTS) is 1. The van der Waals surface area contributed by atoms with Crippen LogP contribution in [0, 0.1) is 5.92 Å². The van der Waals surface area contributed by atoms with Crippen molar-refractivity contribution in [3.8, 4) is 0 Å². The number of amides is 3. The SMILES string of the molecule is NC(=NC(=O)OCc1ccccc1)c1ccc(CNC(=O)[C@@H]2CCN2C(=O)[C@H](NCC(=O)O)C2CC2)cc1. The summed E-state index contributed by atoms with van der Waals surface area (Å²) in [4.78, 5) is 53.8. The van der Waals surface area contributed by atoms with Crippen LogP contribution >= 0.6 is 0 Å². The highest BCUT2D eigenvalue weighted by atomic mass is 16.5. The lowest BCUT2D eigenvalue weighted by Crippen LogP contribution is -2.62. The molecule has 0 unspecified atom stereocenters. The molecule has 11 heteroatoms. The van der Waals surface area contributed by atoms with Gasteiger partial charge in [-0.05, 0) is 36.3 Å². The molecule has 11 nitrogen and oxygen atoms in total. The summed E-state index contributed by atoms with van der Waals surface area (Å²) in [7, 11) is 0. The lowest BCUT2D eigenvalue weighted by Gasteiger charge is -2.41. The Balaban J connectivity index is 1.25. The summed E-state index contributed by atoms with van der Waals surface area (Å²) in [6.07, 6.45) is 1.51. The van der Waals surface area contributed by atoms with Gasteiger partial charge in [0.2, 0.25) is 11.8 Å². The number of carbonyl (C=O) groups excluding carboxylic acids is 3. The van der Waals surface area contributed by atoms with E-state index in [1.54, 1.807) is 24.3 Å². The standard InChI is InChI=1S/C27H31N5O6/c28-24(31-27(37)38-16-18-4-2-1-3-5-18)20-8-6-17(7-9-20)14-30-25(35)21-12-13-32(21)26(36)23(19-10-11-19)29-15-22(33)34/h1-9,19,21,23,29H,10-16H2,(H,30,35)(H,33,34)(H2,28,31,37)/t21-,23+/m0/s1. The first-order valence-corrected chi connectivity index (χ1v) is 12.5. The number of aliphatic imine (C=N–C) groups is 1. The summed E-state index contributed by atoms with van der Waals surface area (Å²) in [5.74, 6) is -1.37. The van der Waals surface area contributed by atoms with Gasteiger partial charge < -0.3 is 25.8 Å². The Morgan fingerprint density at radius 3 is 2.34 bits per heavy atom. The molecule has 200 valence electrons. The topological polar surface area (TPSA) is 163 Å². The minimum atomic E-state index is -1.02. The maximum Gasteiger partial charge on any atom is 0.435 e. The molecule has 0 aromatic heterocycles. The summed E-state index contributed by atoms with van der Waals surface area (Å²) in [5, 5.41) is 14.6. The normalized spacial score (nSPS) is 17.7. The molecule has 1 aliphatic carbocycles. The van der Waals surface area contributed by atoms with Crippen LogP contribution in [0.25, 0.3) is 0 Å². The summed E-state index contributed by atoms with van der Waals surface area (Å²) in [6.45, 7) is 0.518. The van der Waals surface area contributed by atoms with Gasteiger partial charge >= 0.3 is 12.1 Å². The highest BCUT2D eigenvalue weighted by Gasteiger charge is 2.44. The first-order chi connectivity index (χ1) is 18.3. The second-order valence-corrected chi connectivity index (χ2v) is 9.38. The van der Waals surface area contributed by atoms with Gasteiger partial charge in [0, 0.05) is 18.7 Å². The molecule has 1 saturated heterocycles. The zero-order chi connectivity index (χ0) is 27.1. The molecular formula is C27H31N5O6. The fourth-order valence-corrected chi connectivity index (χ4v) is 4.20. The average molecular weight is 522 g/mol. The molecule has 2 aromatic rings. The van der Waals surface area contributed by atoms with Crippen molar-refractivity contribution < 1.29 is 29.0 Å². The van der Waals surface area contributed by atoms with Gasteiger partial charge in [-0.25, -0.2) is 4.79 Å². The van der Waals surface area contributed by atoms with E-state index in [9.17, 15) is 19.2 Å². The summed E-state index contributed by atoms with van der Waals surface area (Å²) >= 11 is 0. The molecule has 1 heterocycles. The van der Waals surface area contributed by atoms with Gasteiger partial charge in [0.1, 0.15) is 18.5 Å². The fourth-order valence-electron chi connectivity index (χ4n) is 4.20. The van der Waals surface area contributed by atoms with Crippen LogP contribution in [0.5, 0.6) is 0 Å². The molecule has 2 aliphatic rings. The van der Waals surface area contributed by atoms with Crippen molar-refractivity contribution in [1.82, 2.24) is 15.5 Å². The molecule has 38 heavy (non-hydrogen) atoms.